The zero-order chi connectivity index (χ0) is 23.0. The van der Waals surface area contributed by atoms with Gasteiger partial charge in [-0.3, -0.25) is 9.21 Å². The van der Waals surface area contributed by atoms with Crippen LogP contribution in [0.15, 0.2) is 52.2 Å². The lowest BCUT2D eigenvalue weighted by Crippen LogP contribution is -2.32. The number of anilines is 1. The molecule has 3 heterocycles. The van der Waals surface area contributed by atoms with Crippen molar-refractivity contribution in [1.29, 1.82) is 0 Å². The molecule has 33 heavy (non-hydrogen) atoms. The summed E-state index contributed by atoms with van der Waals surface area (Å²) in [5.41, 5.74) is 2.47. The van der Waals surface area contributed by atoms with Gasteiger partial charge in [-0.1, -0.05) is 32.0 Å². The summed E-state index contributed by atoms with van der Waals surface area (Å²) < 4.78 is 29.1. The molecule has 0 saturated heterocycles. The minimum absolute atomic E-state index is 0.382. The van der Waals surface area contributed by atoms with E-state index in [1.807, 2.05) is 29.8 Å². The van der Waals surface area contributed by atoms with Crippen molar-refractivity contribution >= 4 is 49.3 Å². The normalized spacial score (nSPS) is 14.4. The molecule has 1 fully saturated rings. The maximum Gasteiger partial charge on any atom is 0.273 e. The third-order valence-corrected chi connectivity index (χ3v) is 10.3. The van der Waals surface area contributed by atoms with Gasteiger partial charge in [0.2, 0.25) is 0 Å². The van der Waals surface area contributed by atoms with E-state index in [1.54, 1.807) is 27.8 Å². The molecule has 0 aliphatic heterocycles. The summed E-state index contributed by atoms with van der Waals surface area (Å²) in [6, 6.07) is 11.4. The van der Waals surface area contributed by atoms with E-state index in [0.29, 0.717) is 22.4 Å². The molecule has 0 radical (unpaired) electrons. The number of sulfonamides is 1. The predicted octanol–water partition coefficient (Wildman–Crippen LogP) is 5.80. The van der Waals surface area contributed by atoms with Gasteiger partial charge >= 0.3 is 0 Å². The number of rotatable bonds is 10. The first kappa shape index (κ1) is 22.6. The van der Waals surface area contributed by atoms with E-state index in [0.717, 1.165) is 54.1 Å². The highest BCUT2D eigenvalue weighted by atomic mass is 32.2. The van der Waals surface area contributed by atoms with Gasteiger partial charge in [0.1, 0.15) is 9.22 Å². The molecule has 9 heteroatoms. The summed E-state index contributed by atoms with van der Waals surface area (Å²) in [4.78, 5) is 11.7. The van der Waals surface area contributed by atoms with Crippen LogP contribution in [-0.2, 0) is 16.6 Å². The Morgan fingerprint density at radius 2 is 1.97 bits per heavy atom. The van der Waals surface area contributed by atoms with Crippen LogP contribution in [0.5, 0.6) is 0 Å². The highest BCUT2D eigenvalue weighted by Crippen LogP contribution is 2.39. The lowest BCUT2D eigenvalue weighted by molar-refractivity contribution is 0.298. The van der Waals surface area contributed by atoms with Gasteiger partial charge < -0.3 is 4.98 Å². The second-order valence-corrected chi connectivity index (χ2v) is 12.6. The molecule has 3 aromatic heterocycles. The quantitative estimate of drug-likeness (QED) is 0.299. The molecule has 0 unspecified atom stereocenters. The second-order valence-electron chi connectivity index (χ2n) is 8.43. The van der Waals surface area contributed by atoms with Crippen LogP contribution >= 0.6 is 22.7 Å². The number of para-hydroxylation sites is 1. The van der Waals surface area contributed by atoms with Crippen molar-refractivity contribution in [3.8, 4) is 10.7 Å². The average molecular weight is 501 g/mol. The van der Waals surface area contributed by atoms with Crippen molar-refractivity contribution < 1.29 is 8.42 Å². The number of hydrogen-bond donors (Lipinski definition) is 1. The van der Waals surface area contributed by atoms with Crippen LogP contribution in [0.1, 0.15) is 31.6 Å². The number of aromatic amines is 1. The summed E-state index contributed by atoms with van der Waals surface area (Å²) in [5, 5.41) is 3.73. The van der Waals surface area contributed by atoms with Crippen molar-refractivity contribution in [2.75, 3.05) is 23.9 Å². The van der Waals surface area contributed by atoms with Gasteiger partial charge in [0, 0.05) is 29.5 Å². The fourth-order valence-corrected chi connectivity index (χ4v) is 7.60. The van der Waals surface area contributed by atoms with Crippen molar-refractivity contribution in [3.05, 3.63) is 52.9 Å². The van der Waals surface area contributed by atoms with Gasteiger partial charge in [-0.2, -0.15) is 0 Å². The number of nitrogens with zero attached hydrogens (tertiary/aromatic N) is 3. The molecule has 6 nitrogen and oxygen atoms in total. The fraction of sp³-hybridized carbons (Fsp3) is 0.375. The van der Waals surface area contributed by atoms with E-state index >= 15 is 0 Å². The molecular weight excluding hydrogens is 472 g/mol. The van der Waals surface area contributed by atoms with Crippen LogP contribution in [-0.4, -0.2) is 42.9 Å². The van der Waals surface area contributed by atoms with Crippen LogP contribution in [0.2, 0.25) is 0 Å². The lowest BCUT2D eigenvalue weighted by Gasteiger charge is -2.24. The molecule has 174 valence electrons. The first-order chi connectivity index (χ1) is 16.0. The Kier molecular flexibility index (Phi) is 6.30. The number of H-pyrrole nitrogens is 1. The monoisotopic (exact) mass is 500 g/mol. The molecule has 0 amide bonds. The fourth-order valence-electron chi connectivity index (χ4n) is 4.02. The summed E-state index contributed by atoms with van der Waals surface area (Å²) >= 11 is 2.95. The van der Waals surface area contributed by atoms with E-state index in [2.05, 4.69) is 34.8 Å². The largest absolute Gasteiger partial charge is 0.351 e. The Balaban J connectivity index is 1.53. The third-order valence-electron chi connectivity index (χ3n) is 6.12. The van der Waals surface area contributed by atoms with Crippen molar-refractivity contribution in [1.82, 2.24) is 14.9 Å². The molecular formula is C24H28N4O2S3. The standard InChI is InChI=1S/C24H28N4O2S3/c1-3-27(4-2)16-19-14-25-24(32-19)20-13-18-7-5-8-21(23(18)26-20)28(15-17-10-11-17)33(29,30)22-9-6-12-31-22/h5-9,12-14,17,26H,3-4,10-11,15-16H2,1-2H3. The number of thiophene rings is 1. The van der Waals surface area contributed by atoms with E-state index in [9.17, 15) is 8.42 Å². The van der Waals surface area contributed by atoms with E-state index in [-0.39, 0.29) is 0 Å². The minimum atomic E-state index is -3.61. The predicted molar refractivity (Wildman–Crippen MR) is 138 cm³/mol. The summed E-state index contributed by atoms with van der Waals surface area (Å²) in [7, 11) is -3.61. The summed E-state index contributed by atoms with van der Waals surface area (Å²) in [6.07, 6.45) is 4.11. The SMILES string of the molecule is CCN(CC)Cc1cnc(-c2cc3cccc(N(CC4CC4)S(=O)(=O)c4cccs4)c3[nH]2)s1. The van der Waals surface area contributed by atoms with Crippen molar-refractivity contribution in [2.24, 2.45) is 5.92 Å². The number of aromatic nitrogens is 2. The summed E-state index contributed by atoms with van der Waals surface area (Å²) in [5.74, 6) is 0.422. The van der Waals surface area contributed by atoms with Crippen LogP contribution in [0.3, 0.4) is 0 Å². The molecule has 1 aliphatic carbocycles. The Labute approximate surface area is 202 Å². The highest BCUT2D eigenvalue weighted by molar-refractivity contribution is 7.94. The van der Waals surface area contributed by atoms with Crippen molar-refractivity contribution in [2.45, 2.75) is 37.4 Å². The van der Waals surface area contributed by atoms with Crippen LogP contribution in [0.25, 0.3) is 21.6 Å². The van der Waals surface area contributed by atoms with E-state index < -0.39 is 10.0 Å². The van der Waals surface area contributed by atoms with Crippen molar-refractivity contribution in [3.63, 3.8) is 0 Å². The Hall–Kier alpha value is -2.20. The highest BCUT2D eigenvalue weighted by Gasteiger charge is 2.33. The van der Waals surface area contributed by atoms with Crippen LogP contribution in [0.4, 0.5) is 5.69 Å². The first-order valence-corrected chi connectivity index (χ1v) is 14.5. The molecule has 1 N–H and O–H groups in total. The lowest BCUT2D eigenvalue weighted by atomic mass is 10.2. The smallest absolute Gasteiger partial charge is 0.273 e. The molecule has 0 spiro atoms. The van der Waals surface area contributed by atoms with Crippen LogP contribution < -0.4 is 4.31 Å². The maximum absolute atomic E-state index is 13.5. The average Bonchev–Trinajstić information content (AvgIpc) is 3.22. The Morgan fingerprint density at radius 1 is 1.15 bits per heavy atom. The Bertz CT molecular complexity index is 1330. The number of fused-ring (bicyclic) bond motifs is 1. The second kappa shape index (κ2) is 9.21. The van der Waals surface area contributed by atoms with Gasteiger partial charge in [0.05, 0.1) is 16.9 Å². The molecule has 1 aliphatic rings. The molecule has 1 saturated carbocycles. The van der Waals surface area contributed by atoms with Gasteiger partial charge in [0.15, 0.2) is 0 Å². The number of benzene rings is 1. The first-order valence-electron chi connectivity index (χ1n) is 11.3. The van der Waals surface area contributed by atoms with Gasteiger partial charge in [-0.25, -0.2) is 13.4 Å². The van der Waals surface area contributed by atoms with E-state index in [1.165, 1.54) is 16.2 Å². The zero-order valence-electron chi connectivity index (χ0n) is 18.8. The molecule has 1 aromatic carbocycles. The topological polar surface area (TPSA) is 69.3 Å². The van der Waals surface area contributed by atoms with Gasteiger partial charge in [-0.15, -0.1) is 22.7 Å². The van der Waals surface area contributed by atoms with Gasteiger partial charge in [-0.05, 0) is 55.4 Å². The molecule has 0 bridgehead atoms. The zero-order valence-corrected chi connectivity index (χ0v) is 21.3. The minimum Gasteiger partial charge on any atom is -0.351 e. The van der Waals surface area contributed by atoms with Gasteiger partial charge in [0.25, 0.3) is 10.0 Å². The maximum atomic E-state index is 13.5. The molecule has 5 rings (SSSR count). The number of hydrogen-bond acceptors (Lipinski definition) is 6. The summed E-state index contributed by atoms with van der Waals surface area (Å²) in [6.45, 7) is 7.76. The number of nitrogens with one attached hydrogen (secondary N) is 1. The van der Waals surface area contributed by atoms with E-state index in [4.69, 9.17) is 0 Å². The van der Waals surface area contributed by atoms with Crippen LogP contribution in [0, 0.1) is 5.92 Å². The molecule has 4 aromatic rings. The number of thiazole rings is 1. The molecule has 0 atom stereocenters. The third kappa shape index (κ3) is 4.59. The Morgan fingerprint density at radius 3 is 2.67 bits per heavy atom.